The molecule has 1 aromatic carbocycles. The minimum Gasteiger partial charge on any atom is -0.344 e. The van der Waals surface area contributed by atoms with Crippen molar-refractivity contribution in [1.82, 2.24) is 19.5 Å². The number of likely N-dealkylation sites (tertiary alicyclic amines) is 1. The zero-order valence-electron chi connectivity index (χ0n) is 19.7. The van der Waals surface area contributed by atoms with E-state index in [-0.39, 0.29) is 36.3 Å². The van der Waals surface area contributed by atoms with Crippen molar-refractivity contribution >= 4 is 44.7 Å². The number of piperidine rings is 1. The normalized spacial score (nSPS) is 19.9. The van der Waals surface area contributed by atoms with E-state index in [9.17, 15) is 22.0 Å². The van der Waals surface area contributed by atoms with E-state index in [2.05, 4.69) is 14.8 Å². The molecule has 192 valence electrons. The fourth-order valence-corrected chi connectivity index (χ4v) is 5.53. The Balaban J connectivity index is 1.48. The standard InChI is InChI=1S/C23H25ClF2N6O3S/c1-14-11-32-20(27-21(14)30-12-23(25,26)13-30)10-18(28-32)19-5-3-4-8-31(19)22(33)16-9-15(24)6-7-17(16)29-36(2,34)35/h6-7,9-11,19,29H,3-5,8,12-13H2,1-2H3. The van der Waals surface area contributed by atoms with Crippen LogP contribution in [0.1, 0.15) is 46.9 Å². The Kier molecular flexibility index (Phi) is 6.06. The second-order valence-corrected chi connectivity index (χ2v) is 11.6. The summed E-state index contributed by atoms with van der Waals surface area (Å²) in [5.74, 6) is -2.58. The monoisotopic (exact) mass is 538 g/mol. The van der Waals surface area contributed by atoms with E-state index in [1.54, 1.807) is 28.6 Å². The molecule has 4 heterocycles. The first kappa shape index (κ1) is 24.7. The number of sulfonamides is 1. The number of carbonyl (C=O) groups excluding carboxylic acids is 1. The number of amides is 1. The molecule has 13 heteroatoms. The van der Waals surface area contributed by atoms with Gasteiger partial charge in [0.2, 0.25) is 10.0 Å². The number of carbonyl (C=O) groups is 1. The van der Waals surface area contributed by atoms with Crippen LogP contribution in [0.25, 0.3) is 5.65 Å². The van der Waals surface area contributed by atoms with E-state index < -0.39 is 15.9 Å². The van der Waals surface area contributed by atoms with Gasteiger partial charge in [0.1, 0.15) is 5.82 Å². The van der Waals surface area contributed by atoms with Crippen molar-refractivity contribution in [2.75, 3.05) is 35.5 Å². The van der Waals surface area contributed by atoms with Crippen LogP contribution in [0.3, 0.4) is 0 Å². The second kappa shape index (κ2) is 8.84. The van der Waals surface area contributed by atoms with Crippen molar-refractivity contribution in [3.63, 3.8) is 0 Å². The summed E-state index contributed by atoms with van der Waals surface area (Å²) in [4.78, 5) is 21.4. The van der Waals surface area contributed by atoms with Crippen molar-refractivity contribution in [2.24, 2.45) is 0 Å². The topological polar surface area (TPSA) is 99.9 Å². The lowest BCUT2D eigenvalue weighted by atomic mass is 9.98. The molecule has 2 aliphatic rings. The quantitative estimate of drug-likeness (QED) is 0.529. The highest BCUT2D eigenvalue weighted by Crippen LogP contribution is 2.36. The predicted molar refractivity (Wildman–Crippen MR) is 132 cm³/mol. The average Bonchev–Trinajstić information content (AvgIpc) is 3.19. The largest absolute Gasteiger partial charge is 0.344 e. The number of rotatable bonds is 5. The van der Waals surface area contributed by atoms with Crippen LogP contribution in [0.2, 0.25) is 5.02 Å². The molecule has 0 radical (unpaired) electrons. The fraction of sp³-hybridized carbons (Fsp3) is 0.435. The average molecular weight is 539 g/mol. The molecule has 0 aliphatic carbocycles. The number of nitrogens with zero attached hydrogens (tertiary/aromatic N) is 5. The molecule has 1 N–H and O–H groups in total. The number of nitrogens with one attached hydrogen (secondary N) is 1. The van der Waals surface area contributed by atoms with E-state index >= 15 is 0 Å². The third kappa shape index (κ3) is 4.83. The second-order valence-electron chi connectivity index (χ2n) is 9.41. The predicted octanol–water partition coefficient (Wildman–Crippen LogP) is 3.89. The Morgan fingerprint density at radius 2 is 1.97 bits per heavy atom. The molecule has 5 rings (SSSR count). The van der Waals surface area contributed by atoms with E-state index in [0.717, 1.165) is 24.7 Å². The van der Waals surface area contributed by atoms with Crippen molar-refractivity contribution in [3.05, 3.63) is 52.3 Å². The van der Waals surface area contributed by atoms with E-state index in [1.165, 1.54) is 23.1 Å². The fourth-order valence-electron chi connectivity index (χ4n) is 4.78. The Bertz CT molecular complexity index is 1450. The molecule has 36 heavy (non-hydrogen) atoms. The van der Waals surface area contributed by atoms with Gasteiger partial charge in [0.25, 0.3) is 11.8 Å². The summed E-state index contributed by atoms with van der Waals surface area (Å²) in [6.07, 6.45) is 5.09. The van der Waals surface area contributed by atoms with Gasteiger partial charge in [-0.25, -0.2) is 26.7 Å². The SMILES string of the molecule is Cc1cn2nc(C3CCCCN3C(=O)c3cc(Cl)ccc3NS(C)(=O)=O)cc2nc1N1CC(F)(F)C1. The number of benzene rings is 1. The number of aryl methyl sites for hydroxylation is 1. The molecule has 0 saturated carbocycles. The van der Waals surface area contributed by atoms with Gasteiger partial charge in [0.15, 0.2) is 5.65 Å². The molecule has 2 saturated heterocycles. The Morgan fingerprint density at radius 3 is 2.67 bits per heavy atom. The number of fused-ring (bicyclic) bond motifs is 1. The van der Waals surface area contributed by atoms with E-state index in [1.807, 2.05) is 0 Å². The van der Waals surface area contributed by atoms with Gasteiger partial charge in [-0.05, 0) is 44.4 Å². The summed E-state index contributed by atoms with van der Waals surface area (Å²) in [5.41, 5.74) is 2.15. The van der Waals surface area contributed by atoms with Crippen LogP contribution in [-0.4, -0.2) is 65.6 Å². The summed E-state index contributed by atoms with van der Waals surface area (Å²) in [5, 5.41) is 4.96. The van der Waals surface area contributed by atoms with Crippen LogP contribution in [-0.2, 0) is 10.0 Å². The lowest BCUT2D eigenvalue weighted by molar-refractivity contribution is -0.0267. The van der Waals surface area contributed by atoms with E-state index in [0.29, 0.717) is 35.1 Å². The lowest BCUT2D eigenvalue weighted by Gasteiger charge is -2.40. The summed E-state index contributed by atoms with van der Waals surface area (Å²) >= 11 is 6.14. The molecule has 2 aromatic heterocycles. The van der Waals surface area contributed by atoms with Crippen molar-refractivity contribution < 1.29 is 22.0 Å². The van der Waals surface area contributed by atoms with Gasteiger partial charge in [-0.15, -0.1) is 0 Å². The zero-order valence-corrected chi connectivity index (χ0v) is 21.3. The first-order valence-corrected chi connectivity index (χ1v) is 13.8. The highest BCUT2D eigenvalue weighted by atomic mass is 35.5. The first-order chi connectivity index (χ1) is 16.9. The minimum atomic E-state index is -3.62. The molecule has 1 unspecified atom stereocenters. The van der Waals surface area contributed by atoms with Gasteiger partial charge in [-0.1, -0.05) is 11.6 Å². The van der Waals surface area contributed by atoms with Gasteiger partial charge in [-0.3, -0.25) is 9.52 Å². The maximum absolute atomic E-state index is 13.7. The third-order valence-corrected chi connectivity index (χ3v) is 7.21. The van der Waals surface area contributed by atoms with Crippen LogP contribution in [0.15, 0.2) is 30.5 Å². The number of hydrogen-bond acceptors (Lipinski definition) is 6. The molecule has 1 atom stereocenters. The van der Waals surface area contributed by atoms with Crippen LogP contribution in [0, 0.1) is 6.92 Å². The maximum Gasteiger partial charge on any atom is 0.282 e. The van der Waals surface area contributed by atoms with Gasteiger partial charge in [0.05, 0.1) is 42.3 Å². The Morgan fingerprint density at radius 1 is 1.22 bits per heavy atom. The third-order valence-electron chi connectivity index (χ3n) is 6.38. The first-order valence-electron chi connectivity index (χ1n) is 11.5. The van der Waals surface area contributed by atoms with E-state index in [4.69, 9.17) is 11.6 Å². The maximum atomic E-state index is 13.7. The van der Waals surface area contributed by atoms with Crippen LogP contribution >= 0.6 is 11.6 Å². The molecular weight excluding hydrogens is 514 g/mol. The lowest BCUT2D eigenvalue weighted by Crippen LogP contribution is -2.56. The summed E-state index contributed by atoms with van der Waals surface area (Å²) in [7, 11) is -3.62. The number of aromatic nitrogens is 3. The molecule has 2 fully saturated rings. The van der Waals surface area contributed by atoms with Crippen molar-refractivity contribution in [2.45, 2.75) is 38.2 Å². The number of anilines is 2. The van der Waals surface area contributed by atoms with Gasteiger partial charge < -0.3 is 9.80 Å². The molecule has 3 aromatic rings. The molecule has 0 bridgehead atoms. The van der Waals surface area contributed by atoms with Crippen LogP contribution in [0.4, 0.5) is 20.3 Å². The summed E-state index contributed by atoms with van der Waals surface area (Å²) in [6.45, 7) is 1.52. The molecular formula is C23H25ClF2N6O3S. The van der Waals surface area contributed by atoms with Crippen molar-refractivity contribution in [3.8, 4) is 0 Å². The molecule has 1 amide bonds. The summed E-state index contributed by atoms with van der Waals surface area (Å²) in [6, 6.07) is 5.84. The summed E-state index contributed by atoms with van der Waals surface area (Å²) < 4.78 is 54.5. The van der Waals surface area contributed by atoms with Gasteiger partial charge in [0, 0.05) is 29.4 Å². The molecule has 2 aliphatic heterocycles. The van der Waals surface area contributed by atoms with Gasteiger partial charge in [-0.2, -0.15) is 5.10 Å². The van der Waals surface area contributed by atoms with Crippen LogP contribution < -0.4 is 9.62 Å². The molecule has 0 spiro atoms. The highest BCUT2D eigenvalue weighted by molar-refractivity contribution is 7.92. The zero-order chi connectivity index (χ0) is 25.8. The number of hydrogen-bond donors (Lipinski definition) is 1. The number of halogens is 3. The molecule has 9 nitrogen and oxygen atoms in total. The highest BCUT2D eigenvalue weighted by Gasteiger charge is 2.45. The Hall–Kier alpha value is -2.99. The number of alkyl halides is 2. The van der Waals surface area contributed by atoms with Gasteiger partial charge >= 0.3 is 0 Å². The smallest absolute Gasteiger partial charge is 0.282 e. The Labute approximate surface area is 212 Å². The van der Waals surface area contributed by atoms with Crippen molar-refractivity contribution in [1.29, 1.82) is 0 Å². The minimum absolute atomic E-state index is 0.151. The van der Waals surface area contributed by atoms with Crippen LogP contribution in [0.5, 0.6) is 0 Å².